The van der Waals surface area contributed by atoms with Crippen LogP contribution in [0.4, 0.5) is 0 Å². The average molecular weight is 409 g/mol. The number of ether oxygens (including phenoxy) is 3. The molecule has 4 heteroatoms. The summed E-state index contributed by atoms with van der Waals surface area (Å²) in [5.41, 5.74) is 1.18. The summed E-state index contributed by atoms with van der Waals surface area (Å²) in [6, 6.07) is 0. The van der Waals surface area contributed by atoms with Crippen LogP contribution in [0, 0.1) is 17.8 Å². The van der Waals surface area contributed by atoms with Crippen molar-refractivity contribution in [2.75, 3.05) is 7.11 Å². The maximum absolute atomic E-state index is 9.93. The number of aliphatic hydroxyl groups excluding tert-OH is 1. The third-order valence-corrected chi connectivity index (χ3v) is 6.91. The zero-order valence-electron chi connectivity index (χ0n) is 19.9. The molecule has 2 fully saturated rings. The lowest BCUT2D eigenvalue weighted by atomic mass is 9.85. The van der Waals surface area contributed by atoms with Crippen molar-refractivity contribution < 1.29 is 19.3 Å². The predicted molar refractivity (Wildman–Crippen MR) is 119 cm³/mol. The van der Waals surface area contributed by atoms with Crippen LogP contribution in [-0.4, -0.2) is 48.3 Å². The van der Waals surface area contributed by atoms with Crippen LogP contribution in [0.25, 0.3) is 0 Å². The molecule has 2 aliphatic heterocycles. The molecule has 0 amide bonds. The quantitative estimate of drug-likeness (QED) is 0.394. The number of allylic oxidation sites excluding steroid dienone is 3. The van der Waals surface area contributed by atoms with E-state index in [9.17, 15) is 5.11 Å². The Labute approximate surface area is 178 Å². The average Bonchev–Trinajstić information content (AvgIpc) is 3.32. The van der Waals surface area contributed by atoms with E-state index in [1.165, 1.54) is 18.4 Å². The van der Waals surface area contributed by atoms with Gasteiger partial charge in [0.25, 0.3) is 0 Å². The molecular formula is C25H44O4. The van der Waals surface area contributed by atoms with Crippen LogP contribution in [0.1, 0.15) is 74.1 Å². The van der Waals surface area contributed by atoms with E-state index in [0.29, 0.717) is 17.9 Å². The molecule has 0 unspecified atom stereocenters. The Morgan fingerprint density at radius 2 is 1.97 bits per heavy atom. The van der Waals surface area contributed by atoms with E-state index in [-0.39, 0.29) is 29.8 Å². The lowest BCUT2D eigenvalue weighted by Gasteiger charge is -2.35. The second kappa shape index (κ2) is 10.6. The van der Waals surface area contributed by atoms with Gasteiger partial charge in [0, 0.05) is 13.0 Å². The van der Waals surface area contributed by atoms with E-state index in [1.54, 1.807) is 14.0 Å². The van der Waals surface area contributed by atoms with Crippen molar-refractivity contribution in [2.45, 2.75) is 110 Å². The van der Waals surface area contributed by atoms with Crippen molar-refractivity contribution in [1.29, 1.82) is 0 Å². The Hall–Kier alpha value is -0.680. The third-order valence-electron chi connectivity index (χ3n) is 6.91. The first-order chi connectivity index (χ1) is 13.6. The van der Waals surface area contributed by atoms with Gasteiger partial charge in [-0.15, -0.1) is 0 Å². The standard InChI is InChI=1S/C25H44O4/c1-9-21-14-13-18(4)22(28-21)17(3)12-10-11-16(2)15-25(7)24(29-25)19(5)23(27-8)20(6)26/h10-12,16,18-24,26H,9,13-15H2,1-8H3/b11-10+,17-12+/t16-,18+,19-,20-,21+,22-,23-,24-,25-/m1/s1. The second-order valence-electron chi connectivity index (χ2n) is 9.77. The highest BCUT2D eigenvalue weighted by Crippen LogP contribution is 2.47. The maximum atomic E-state index is 9.93. The summed E-state index contributed by atoms with van der Waals surface area (Å²) >= 11 is 0. The molecule has 168 valence electrons. The predicted octanol–water partition coefficient (Wildman–Crippen LogP) is 5.30. The van der Waals surface area contributed by atoms with Crippen LogP contribution in [0.3, 0.4) is 0 Å². The van der Waals surface area contributed by atoms with E-state index >= 15 is 0 Å². The largest absolute Gasteiger partial charge is 0.391 e. The minimum atomic E-state index is -0.495. The molecule has 0 bridgehead atoms. The highest BCUT2D eigenvalue weighted by Gasteiger charge is 2.56. The van der Waals surface area contributed by atoms with Crippen molar-refractivity contribution in [3.8, 4) is 0 Å². The lowest BCUT2D eigenvalue weighted by Crippen LogP contribution is -2.36. The van der Waals surface area contributed by atoms with E-state index in [2.05, 4.69) is 59.8 Å². The molecule has 0 aliphatic carbocycles. The van der Waals surface area contributed by atoms with E-state index in [4.69, 9.17) is 14.2 Å². The minimum Gasteiger partial charge on any atom is -0.391 e. The molecule has 1 N–H and O–H groups in total. The molecule has 0 radical (unpaired) electrons. The molecule has 0 saturated carbocycles. The molecule has 2 saturated heterocycles. The van der Waals surface area contributed by atoms with Gasteiger partial charge in [0.15, 0.2) is 0 Å². The molecule has 4 nitrogen and oxygen atoms in total. The fraction of sp³-hybridized carbons (Fsp3) is 0.840. The molecule has 2 rings (SSSR count). The summed E-state index contributed by atoms with van der Waals surface area (Å²) in [5.74, 6) is 1.17. The van der Waals surface area contributed by atoms with Gasteiger partial charge in [0.05, 0.1) is 36.1 Å². The van der Waals surface area contributed by atoms with Gasteiger partial charge in [0.2, 0.25) is 0 Å². The number of hydrogen-bond acceptors (Lipinski definition) is 4. The van der Waals surface area contributed by atoms with E-state index in [1.807, 2.05) is 0 Å². The van der Waals surface area contributed by atoms with Crippen molar-refractivity contribution in [1.82, 2.24) is 0 Å². The first-order valence-corrected chi connectivity index (χ1v) is 11.5. The monoisotopic (exact) mass is 408 g/mol. The lowest BCUT2D eigenvalue weighted by molar-refractivity contribution is -0.0603. The first kappa shape index (κ1) is 24.6. The smallest absolute Gasteiger partial charge is 0.0929 e. The van der Waals surface area contributed by atoms with Gasteiger partial charge in [-0.2, -0.15) is 0 Å². The highest BCUT2D eigenvalue weighted by molar-refractivity contribution is 5.17. The molecule has 9 atom stereocenters. The summed E-state index contributed by atoms with van der Waals surface area (Å²) in [5, 5.41) is 9.93. The van der Waals surface area contributed by atoms with Crippen LogP contribution in [0.5, 0.6) is 0 Å². The summed E-state index contributed by atoms with van der Waals surface area (Å²) < 4.78 is 17.8. The molecule has 2 aliphatic rings. The Bertz CT molecular complexity index is 569. The van der Waals surface area contributed by atoms with Gasteiger partial charge < -0.3 is 19.3 Å². The maximum Gasteiger partial charge on any atom is 0.0929 e. The molecule has 29 heavy (non-hydrogen) atoms. The van der Waals surface area contributed by atoms with Gasteiger partial charge in [-0.3, -0.25) is 0 Å². The number of aliphatic hydroxyl groups is 1. The number of hydrogen-bond donors (Lipinski definition) is 1. The first-order valence-electron chi connectivity index (χ1n) is 11.5. The molecule has 2 heterocycles. The molecule has 0 aromatic rings. The van der Waals surface area contributed by atoms with Crippen LogP contribution >= 0.6 is 0 Å². The fourth-order valence-electron chi connectivity index (χ4n) is 5.17. The second-order valence-corrected chi connectivity index (χ2v) is 9.77. The van der Waals surface area contributed by atoms with Crippen molar-refractivity contribution in [3.63, 3.8) is 0 Å². The highest BCUT2D eigenvalue weighted by atomic mass is 16.6. The number of methoxy groups -OCH3 is 1. The summed E-state index contributed by atoms with van der Waals surface area (Å²) in [6.45, 7) is 15.0. The SMILES string of the molecule is CC[C@H]1CC[C@H](C)[C@@H](/C(C)=C/C=C/[C@@H](C)C[C@@]2(C)O[C@@H]2[C@H](C)[C@@H](OC)[C@@H](C)O)O1. The van der Waals surface area contributed by atoms with Gasteiger partial charge >= 0.3 is 0 Å². The van der Waals surface area contributed by atoms with Gasteiger partial charge in [-0.1, -0.05) is 45.9 Å². The summed E-state index contributed by atoms with van der Waals surface area (Å²) in [7, 11) is 1.66. The Morgan fingerprint density at radius 3 is 2.55 bits per heavy atom. The fourth-order valence-corrected chi connectivity index (χ4v) is 5.17. The van der Waals surface area contributed by atoms with E-state index < -0.39 is 6.10 Å². The third kappa shape index (κ3) is 6.40. The van der Waals surface area contributed by atoms with Crippen LogP contribution in [0.15, 0.2) is 23.8 Å². The van der Waals surface area contributed by atoms with Gasteiger partial charge in [-0.05, 0) is 63.9 Å². The van der Waals surface area contributed by atoms with Crippen molar-refractivity contribution in [3.05, 3.63) is 23.8 Å². The van der Waals surface area contributed by atoms with Crippen LogP contribution in [-0.2, 0) is 14.2 Å². The Morgan fingerprint density at radius 1 is 1.28 bits per heavy atom. The topological polar surface area (TPSA) is 51.2 Å². The van der Waals surface area contributed by atoms with Crippen LogP contribution in [0.2, 0.25) is 0 Å². The zero-order valence-corrected chi connectivity index (χ0v) is 19.9. The molecule has 0 aromatic carbocycles. The van der Waals surface area contributed by atoms with Gasteiger partial charge in [0.1, 0.15) is 0 Å². The Kier molecular flexibility index (Phi) is 8.96. The molecular weight excluding hydrogens is 364 g/mol. The molecule has 0 aromatic heterocycles. The zero-order chi connectivity index (χ0) is 21.8. The van der Waals surface area contributed by atoms with E-state index in [0.717, 1.165) is 12.8 Å². The van der Waals surface area contributed by atoms with Crippen molar-refractivity contribution >= 4 is 0 Å². The molecule has 0 spiro atoms. The Balaban J connectivity index is 1.88. The number of rotatable bonds is 10. The number of epoxide rings is 1. The van der Waals surface area contributed by atoms with Crippen LogP contribution < -0.4 is 0 Å². The minimum absolute atomic E-state index is 0.136. The van der Waals surface area contributed by atoms with Crippen molar-refractivity contribution in [2.24, 2.45) is 17.8 Å². The summed E-state index contributed by atoms with van der Waals surface area (Å²) in [4.78, 5) is 0. The normalized spacial score (nSPS) is 37.3. The van der Waals surface area contributed by atoms with Gasteiger partial charge in [-0.25, -0.2) is 0 Å². The summed E-state index contributed by atoms with van der Waals surface area (Å²) in [6.07, 6.45) is 11.3.